The van der Waals surface area contributed by atoms with E-state index in [2.05, 4.69) is 31.9 Å². The molecule has 0 unspecified atom stereocenters. The maximum absolute atomic E-state index is 10.6. The normalized spacial score (nSPS) is 10.5. The summed E-state index contributed by atoms with van der Waals surface area (Å²) in [6, 6.07) is 2.84. The molecule has 82 valence electrons. The van der Waals surface area contributed by atoms with Gasteiger partial charge in [-0.3, -0.25) is 10.1 Å². The molecule has 0 N–H and O–H groups in total. The fourth-order valence-corrected chi connectivity index (χ4v) is 2.35. The molecular weight excluding hydrogens is 330 g/mol. The zero-order valence-corrected chi connectivity index (χ0v) is 11.3. The molecule has 1 rings (SSSR count). The lowest BCUT2D eigenvalue weighted by atomic mass is 10.3. The Morgan fingerprint density at radius 1 is 1.33 bits per heavy atom. The zero-order valence-electron chi connectivity index (χ0n) is 8.16. The van der Waals surface area contributed by atoms with Crippen LogP contribution in [0.4, 0.5) is 5.69 Å². The number of nitrogens with zero attached hydrogens (tertiary/aromatic N) is 1. The van der Waals surface area contributed by atoms with Gasteiger partial charge in [-0.1, -0.05) is 0 Å². The van der Waals surface area contributed by atoms with Gasteiger partial charge in [-0.05, 0) is 45.7 Å². The SMILES string of the molecule is CC(C)Oc1c(Br)cc([N+](=O)[O-])cc1Br. The van der Waals surface area contributed by atoms with E-state index in [1.807, 2.05) is 13.8 Å². The zero-order chi connectivity index (χ0) is 11.6. The number of benzene rings is 1. The van der Waals surface area contributed by atoms with Crippen LogP contribution in [0.25, 0.3) is 0 Å². The smallest absolute Gasteiger partial charge is 0.271 e. The summed E-state index contributed by atoms with van der Waals surface area (Å²) >= 11 is 6.47. The van der Waals surface area contributed by atoms with Crippen LogP contribution in [0, 0.1) is 10.1 Å². The van der Waals surface area contributed by atoms with Crippen molar-refractivity contribution in [3.63, 3.8) is 0 Å². The first kappa shape index (κ1) is 12.4. The molecule has 0 fully saturated rings. The quantitative estimate of drug-likeness (QED) is 0.620. The topological polar surface area (TPSA) is 52.4 Å². The van der Waals surface area contributed by atoms with Crippen LogP contribution in [0.1, 0.15) is 13.8 Å². The van der Waals surface area contributed by atoms with Crippen LogP contribution in [0.3, 0.4) is 0 Å². The fraction of sp³-hybridized carbons (Fsp3) is 0.333. The first-order chi connectivity index (χ1) is 6.91. The molecular formula is C9H9Br2NO3. The van der Waals surface area contributed by atoms with Gasteiger partial charge in [0.05, 0.1) is 20.0 Å². The lowest BCUT2D eigenvalue weighted by molar-refractivity contribution is -0.385. The molecule has 0 radical (unpaired) electrons. The van der Waals surface area contributed by atoms with E-state index in [4.69, 9.17) is 4.74 Å². The fourth-order valence-electron chi connectivity index (χ4n) is 1.00. The minimum absolute atomic E-state index is 0.0130. The molecule has 0 aliphatic rings. The van der Waals surface area contributed by atoms with Gasteiger partial charge in [-0.15, -0.1) is 0 Å². The highest BCUT2D eigenvalue weighted by Crippen LogP contribution is 2.37. The van der Waals surface area contributed by atoms with Crippen LogP contribution in [0.2, 0.25) is 0 Å². The molecule has 0 amide bonds. The van der Waals surface area contributed by atoms with E-state index in [0.29, 0.717) is 14.7 Å². The van der Waals surface area contributed by atoms with Crippen molar-refractivity contribution < 1.29 is 9.66 Å². The Kier molecular flexibility index (Phi) is 4.10. The predicted octanol–water partition coefficient (Wildman–Crippen LogP) is 3.91. The summed E-state index contributed by atoms with van der Waals surface area (Å²) in [6.45, 7) is 3.78. The first-order valence-electron chi connectivity index (χ1n) is 4.22. The Hall–Kier alpha value is -0.620. The number of non-ortho nitro benzene ring substituents is 1. The third kappa shape index (κ3) is 3.17. The van der Waals surface area contributed by atoms with Crippen LogP contribution in [0.15, 0.2) is 21.1 Å². The molecule has 6 heteroatoms. The average molecular weight is 339 g/mol. The van der Waals surface area contributed by atoms with Crippen LogP contribution >= 0.6 is 31.9 Å². The number of ether oxygens (including phenoxy) is 1. The van der Waals surface area contributed by atoms with Gasteiger partial charge in [0.25, 0.3) is 5.69 Å². The van der Waals surface area contributed by atoms with Crippen molar-refractivity contribution in [1.29, 1.82) is 0 Å². The second-order valence-electron chi connectivity index (χ2n) is 3.16. The Balaban J connectivity index is 3.15. The molecule has 0 aromatic heterocycles. The number of hydrogen-bond donors (Lipinski definition) is 0. The summed E-state index contributed by atoms with van der Waals surface area (Å²) in [5.41, 5.74) is 0.0184. The maximum Gasteiger partial charge on any atom is 0.271 e. The molecule has 0 aliphatic heterocycles. The van der Waals surface area contributed by atoms with E-state index in [-0.39, 0.29) is 11.8 Å². The molecule has 0 atom stereocenters. The summed E-state index contributed by atoms with van der Waals surface area (Å²) < 4.78 is 6.63. The summed E-state index contributed by atoms with van der Waals surface area (Å²) in [4.78, 5) is 10.1. The van der Waals surface area contributed by atoms with Gasteiger partial charge < -0.3 is 4.74 Å². The average Bonchev–Trinajstić information content (AvgIpc) is 2.10. The summed E-state index contributed by atoms with van der Waals surface area (Å²) in [6.07, 6.45) is 0.0130. The monoisotopic (exact) mass is 337 g/mol. The summed E-state index contributed by atoms with van der Waals surface area (Å²) in [5.74, 6) is 0.579. The number of nitro benzene ring substituents is 1. The Morgan fingerprint density at radius 3 is 2.13 bits per heavy atom. The van der Waals surface area contributed by atoms with E-state index < -0.39 is 4.92 Å². The molecule has 0 bridgehead atoms. The van der Waals surface area contributed by atoms with E-state index in [1.54, 1.807) is 0 Å². The van der Waals surface area contributed by atoms with Gasteiger partial charge in [0.15, 0.2) is 0 Å². The lowest BCUT2D eigenvalue weighted by Gasteiger charge is -2.12. The Morgan fingerprint density at radius 2 is 1.80 bits per heavy atom. The van der Waals surface area contributed by atoms with Crippen LogP contribution < -0.4 is 4.74 Å². The van der Waals surface area contributed by atoms with Gasteiger partial charge in [0.2, 0.25) is 0 Å². The van der Waals surface area contributed by atoms with Crippen molar-refractivity contribution in [2.45, 2.75) is 20.0 Å². The molecule has 0 heterocycles. The number of hydrogen-bond acceptors (Lipinski definition) is 3. The maximum atomic E-state index is 10.6. The van der Waals surface area contributed by atoms with Crippen molar-refractivity contribution in [1.82, 2.24) is 0 Å². The molecule has 1 aromatic carbocycles. The van der Waals surface area contributed by atoms with Gasteiger partial charge in [0, 0.05) is 12.1 Å². The second kappa shape index (κ2) is 4.94. The molecule has 0 saturated heterocycles. The van der Waals surface area contributed by atoms with Crippen molar-refractivity contribution in [3.05, 3.63) is 31.2 Å². The Labute approximate surface area is 104 Å². The molecule has 0 aliphatic carbocycles. The summed E-state index contributed by atoms with van der Waals surface area (Å²) in [5, 5.41) is 10.6. The number of rotatable bonds is 3. The van der Waals surface area contributed by atoms with E-state index in [9.17, 15) is 10.1 Å². The first-order valence-corrected chi connectivity index (χ1v) is 5.80. The lowest BCUT2D eigenvalue weighted by Crippen LogP contribution is -2.06. The highest BCUT2D eigenvalue weighted by atomic mass is 79.9. The van der Waals surface area contributed by atoms with Gasteiger partial charge in [-0.25, -0.2) is 0 Å². The van der Waals surface area contributed by atoms with Gasteiger partial charge in [-0.2, -0.15) is 0 Å². The number of halogens is 2. The van der Waals surface area contributed by atoms with Gasteiger partial charge >= 0.3 is 0 Å². The second-order valence-corrected chi connectivity index (χ2v) is 4.87. The third-order valence-corrected chi connectivity index (χ3v) is 2.73. The van der Waals surface area contributed by atoms with Crippen molar-refractivity contribution in [3.8, 4) is 5.75 Å². The van der Waals surface area contributed by atoms with Crippen molar-refractivity contribution in [2.24, 2.45) is 0 Å². The van der Waals surface area contributed by atoms with E-state index >= 15 is 0 Å². The third-order valence-electron chi connectivity index (χ3n) is 1.55. The Bertz CT molecular complexity index is 370. The van der Waals surface area contributed by atoms with E-state index in [1.165, 1.54) is 12.1 Å². The molecule has 4 nitrogen and oxygen atoms in total. The van der Waals surface area contributed by atoms with E-state index in [0.717, 1.165) is 0 Å². The number of nitro groups is 1. The standard InChI is InChI=1S/C9H9Br2NO3/c1-5(2)15-9-7(10)3-6(12(13)14)4-8(9)11/h3-5H,1-2H3. The minimum Gasteiger partial charge on any atom is -0.489 e. The van der Waals surface area contributed by atoms with Crippen LogP contribution in [-0.4, -0.2) is 11.0 Å². The van der Waals surface area contributed by atoms with Crippen LogP contribution in [-0.2, 0) is 0 Å². The van der Waals surface area contributed by atoms with Crippen LogP contribution in [0.5, 0.6) is 5.75 Å². The molecule has 1 aromatic rings. The molecule has 0 spiro atoms. The van der Waals surface area contributed by atoms with Crippen molar-refractivity contribution in [2.75, 3.05) is 0 Å². The molecule has 0 saturated carbocycles. The molecule has 15 heavy (non-hydrogen) atoms. The van der Waals surface area contributed by atoms with Gasteiger partial charge in [0.1, 0.15) is 5.75 Å². The predicted molar refractivity (Wildman–Crippen MR) is 64.3 cm³/mol. The van der Waals surface area contributed by atoms with Crippen molar-refractivity contribution >= 4 is 37.5 Å². The highest BCUT2D eigenvalue weighted by molar-refractivity contribution is 9.11. The summed E-state index contributed by atoms with van der Waals surface area (Å²) in [7, 11) is 0. The largest absolute Gasteiger partial charge is 0.489 e. The minimum atomic E-state index is -0.450. The highest BCUT2D eigenvalue weighted by Gasteiger charge is 2.15.